The van der Waals surface area contributed by atoms with Crippen molar-refractivity contribution in [2.45, 2.75) is 31.2 Å². The van der Waals surface area contributed by atoms with Crippen molar-refractivity contribution in [1.29, 1.82) is 0 Å². The maximum atomic E-state index is 3.67. The summed E-state index contributed by atoms with van der Waals surface area (Å²) in [5.41, 5.74) is 2.64. The topological polar surface area (TPSA) is 24.1 Å². The summed E-state index contributed by atoms with van der Waals surface area (Å²) in [5.74, 6) is 0.844. The molecule has 4 heteroatoms. The van der Waals surface area contributed by atoms with E-state index in [1.165, 1.54) is 43.5 Å². The first-order valence-corrected chi connectivity index (χ1v) is 8.86. The Bertz CT molecular complexity index is 544. The van der Waals surface area contributed by atoms with E-state index >= 15 is 0 Å². The molecule has 2 nitrogen and oxygen atoms in total. The molecule has 1 aliphatic rings. The Morgan fingerprint density at radius 2 is 1.36 bits per heavy atom. The zero-order valence-electron chi connectivity index (χ0n) is 14.9. The van der Waals surface area contributed by atoms with E-state index < -0.39 is 0 Å². The van der Waals surface area contributed by atoms with E-state index in [2.05, 4.69) is 78.3 Å². The maximum Gasteiger partial charge on any atom is 0.0688 e. The van der Waals surface area contributed by atoms with Gasteiger partial charge in [-0.15, -0.1) is 24.8 Å². The van der Waals surface area contributed by atoms with E-state index in [1.807, 2.05) is 0 Å². The van der Waals surface area contributed by atoms with Gasteiger partial charge in [0.15, 0.2) is 0 Å². The molecule has 0 aromatic heterocycles. The van der Waals surface area contributed by atoms with Crippen LogP contribution in [-0.4, -0.2) is 20.1 Å². The molecule has 0 atom stereocenters. The zero-order chi connectivity index (χ0) is 16.0. The second-order valence-electron chi connectivity index (χ2n) is 6.62. The summed E-state index contributed by atoms with van der Waals surface area (Å²) in [6.45, 7) is 2.35. The van der Waals surface area contributed by atoms with Crippen molar-refractivity contribution in [3.63, 3.8) is 0 Å². The molecule has 0 bridgehead atoms. The van der Waals surface area contributed by atoms with Gasteiger partial charge in [-0.2, -0.15) is 0 Å². The number of halogens is 2. The molecule has 0 saturated carbocycles. The maximum absolute atomic E-state index is 3.67. The fourth-order valence-electron chi connectivity index (χ4n) is 3.91. The summed E-state index contributed by atoms with van der Waals surface area (Å²) in [6.07, 6.45) is 5.03. The average Bonchev–Trinajstić information content (AvgIpc) is 2.65. The minimum atomic E-state index is -0.0899. The normalized spacial score (nSPS) is 15.1. The van der Waals surface area contributed by atoms with E-state index in [0.29, 0.717) is 0 Å². The predicted octanol–water partition coefficient (Wildman–Crippen LogP) is 4.77. The molecule has 0 spiro atoms. The lowest BCUT2D eigenvalue weighted by molar-refractivity contribution is 0.297. The van der Waals surface area contributed by atoms with Crippen molar-refractivity contribution >= 4 is 24.8 Å². The van der Waals surface area contributed by atoms with E-state index in [9.17, 15) is 0 Å². The predicted molar refractivity (Wildman–Crippen MR) is 112 cm³/mol. The smallest absolute Gasteiger partial charge is 0.0688 e. The Morgan fingerprint density at radius 3 is 1.80 bits per heavy atom. The molecule has 2 N–H and O–H groups in total. The molecule has 3 rings (SSSR count). The number of benzene rings is 2. The van der Waals surface area contributed by atoms with E-state index in [4.69, 9.17) is 0 Å². The number of hydrogen-bond donors (Lipinski definition) is 2. The van der Waals surface area contributed by atoms with Gasteiger partial charge in [-0.25, -0.2) is 0 Å². The minimum Gasteiger partial charge on any atom is -0.317 e. The fourth-order valence-corrected chi connectivity index (χ4v) is 3.91. The van der Waals surface area contributed by atoms with Crippen LogP contribution in [0.4, 0.5) is 0 Å². The number of piperidine rings is 1. The molecule has 1 heterocycles. The van der Waals surface area contributed by atoms with Crippen molar-refractivity contribution in [2.75, 3.05) is 20.1 Å². The van der Waals surface area contributed by atoms with Gasteiger partial charge in [0.2, 0.25) is 0 Å². The molecular weight excluding hydrogens is 351 g/mol. The first-order valence-electron chi connectivity index (χ1n) is 8.86. The summed E-state index contributed by atoms with van der Waals surface area (Å²) in [7, 11) is 2.10. The van der Waals surface area contributed by atoms with Gasteiger partial charge < -0.3 is 10.6 Å². The molecule has 1 saturated heterocycles. The SMILES string of the molecule is CNC(CCC1CCNCC1)(c1ccccc1)c1ccccc1.Cl.Cl. The summed E-state index contributed by atoms with van der Waals surface area (Å²) in [4.78, 5) is 0. The van der Waals surface area contributed by atoms with E-state index in [0.717, 1.165) is 12.3 Å². The van der Waals surface area contributed by atoms with Crippen molar-refractivity contribution < 1.29 is 0 Å². The van der Waals surface area contributed by atoms with Crippen LogP contribution in [-0.2, 0) is 5.54 Å². The molecular formula is C21H30Cl2N2. The summed E-state index contributed by atoms with van der Waals surface area (Å²) < 4.78 is 0. The molecule has 2 aromatic carbocycles. The second kappa shape index (κ2) is 10.8. The Balaban J connectivity index is 0.00000156. The van der Waals surface area contributed by atoms with Gasteiger partial charge in [0.1, 0.15) is 0 Å². The molecule has 1 aliphatic heterocycles. The molecule has 0 unspecified atom stereocenters. The lowest BCUT2D eigenvalue weighted by atomic mass is 9.76. The van der Waals surface area contributed by atoms with Crippen LogP contribution in [0.25, 0.3) is 0 Å². The summed E-state index contributed by atoms with van der Waals surface area (Å²) >= 11 is 0. The Morgan fingerprint density at radius 1 is 0.880 bits per heavy atom. The second-order valence-corrected chi connectivity index (χ2v) is 6.62. The largest absolute Gasteiger partial charge is 0.317 e. The average molecular weight is 381 g/mol. The van der Waals surface area contributed by atoms with Crippen LogP contribution < -0.4 is 10.6 Å². The number of rotatable bonds is 6. The lowest BCUT2D eigenvalue weighted by Crippen LogP contribution is -2.42. The van der Waals surface area contributed by atoms with Gasteiger partial charge >= 0.3 is 0 Å². The highest BCUT2D eigenvalue weighted by molar-refractivity contribution is 5.85. The van der Waals surface area contributed by atoms with Crippen molar-refractivity contribution in [1.82, 2.24) is 10.6 Å². The van der Waals surface area contributed by atoms with Gasteiger partial charge in [0.05, 0.1) is 5.54 Å². The molecule has 1 fully saturated rings. The highest BCUT2D eigenvalue weighted by Crippen LogP contribution is 2.36. The van der Waals surface area contributed by atoms with E-state index in [1.54, 1.807) is 0 Å². The number of nitrogens with one attached hydrogen (secondary N) is 2. The molecule has 138 valence electrons. The molecule has 25 heavy (non-hydrogen) atoms. The molecule has 0 radical (unpaired) electrons. The highest BCUT2D eigenvalue weighted by atomic mass is 35.5. The van der Waals surface area contributed by atoms with Gasteiger partial charge in [-0.1, -0.05) is 60.7 Å². The third-order valence-corrected chi connectivity index (χ3v) is 5.35. The fraction of sp³-hybridized carbons (Fsp3) is 0.429. The molecule has 0 aliphatic carbocycles. The summed E-state index contributed by atoms with van der Waals surface area (Å²) in [6, 6.07) is 21.8. The monoisotopic (exact) mass is 380 g/mol. The van der Waals surface area contributed by atoms with Crippen LogP contribution in [0.1, 0.15) is 36.8 Å². The molecule has 0 amide bonds. The third-order valence-electron chi connectivity index (χ3n) is 5.35. The third kappa shape index (κ3) is 5.21. The van der Waals surface area contributed by atoms with Gasteiger partial charge in [-0.05, 0) is 62.9 Å². The molecule has 2 aromatic rings. The van der Waals surface area contributed by atoms with Crippen molar-refractivity contribution in [3.05, 3.63) is 71.8 Å². The lowest BCUT2D eigenvalue weighted by Gasteiger charge is -2.37. The first kappa shape index (κ1) is 22.0. The van der Waals surface area contributed by atoms with Crippen LogP contribution in [0, 0.1) is 5.92 Å². The van der Waals surface area contributed by atoms with Crippen LogP contribution in [0.3, 0.4) is 0 Å². The Labute approximate surface area is 164 Å². The standard InChI is InChI=1S/C21H28N2.2ClH/c1-22-21(19-8-4-2-5-9-19,20-10-6-3-7-11-20)15-12-18-13-16-23-17-14-18;;/h2-11,18,22-23H,12-17H2,1H3;2*1H. The zero-order valence-corrected chi connectivity index (χ0v) is 16.5. The van der Waals surface area contributed by atoms with Crippen LogP contribution in [0.15, 0.2) is 60.7 Å². The van der Waals surface area contributed by atoms with Gasteiger partial charge in [0, 0.05) is 0 Å². The van der Waals surface area contributed by atoms with Gasteiger partial charge in [-0.3, -0.25) is 0 Å². The van der Waals surface area contributed by atoms with Crippen molar-refractivity contribution in [3.8, 4) is 0 Å². The van der Waals surface area contributed by atoms with Crippen LogP contribution >= 0.6 is 24.8 Å². The highest BCUT2D eigenvalue weighted by Gasteiger charge is 2.33. The van der Waals surface area contributed by atoms with Crippen molar-refractivity contribution in [2.24, 2.45) is 5.92 Å². The summed E-state index contributed by atoms with van der Waals surface area (Å²) in [5, 5.41) is 7.15. The first-order chi connectivity index (χ1) is 11.3. The van der Waals surface area contributed by atoms with Crippen LogP contribution in [0.5, 0.6) is 0 Å². The van der Waals surface area contributed by atoms with Gasteiger partial charge in [0.25, 0.3) is 0 Å². The quantitative estimate of drug-likeness (QED) is 0.753. The Hall–Kier alpha value is -1.06. The van der Waals surface area contributed by atoms with E-state index in [-0.39, 0.29) is 30.4 Å². The Kier molecular flexibility index (Phi) is 9.52. The minimum absolute atomic E-state index is 0. The van der Waals surface area contributed by atoms with Crippen LogP contribution in [0.2, 0.25) is 0 Å². The number of hydrogen-bond acceptors (Lipinski definition) is 2.